The van der Waals surface area contributed by atoms with E-state index in [0.717, 1.165) is 42.4 Å². The molecule has 2 aromatic rings. The summed E-state index contributed by atoms with van der Waals surface area (Å²) < 4.78 is 42.7. The number of ether oxygens (including phenoxy) is 1. The smallest absolute Gasteiger partial charge is 0.238 e. The van der Waals surface area contributed by atoms with Crippen LogP contribution in [0.2, 0.25) is 0 Å². The minimum atomic E-state index is -3.70. The summed E-state index contributed by atoms with van der Waals surface area (Å²) in [6, 6.07) is 10.2. The van der Waals surface area contributed by atoms with Crippen LogP contribution in [0.25, 0.3) is 0 Å². The molecule has 0 amide bonds. The molecule has 2 atom stereocenters. The van der Waals surface area contributed by atoms with Gasteiger partial charge in [0, 0.05) is 24.1 Å². The number of benzene rings is 2. The average Bonchev–Trinajstić information content (AvgIpc) is 2.62. The van der Waals surface area contributed by atoms with Crippen LogP contribution in [-0.2, 0) is 16.4 Å². The zero-order valence-electron chi connectivity index (χ0n) is 14.2. The predicted octanol–water partition coefficient (Wildman–Crippen LogP) is 2.96. The first-order chi connectivity index (χ1) is 12.4. The van der Waals surface area contributed by atoms with Crippen LogP contribution in [0, 0.1) is 5.82 Å². The zero-order chi connectivity index (χ0) is 18.3. The van der Waals surface area contributed by atoms with Gasteiger partial charge in [0.15, 0.2) is 11.6 Å². The first-order valence-electron chi connectivity index (χ1n) is 8.76. The van der Waals surface area contributed by atoms with Crippen molar-refractivity contribution in [2.45, 2.75) is 42.7 Å². The van der Waals surface area contributed by atoms with Crippen molar-refractivity contribution in [3.8, 4) is 5.75 Å². The molecular formula is C19H21FN2O3S. The van der Waals surface area contributed by atoms with Crippen molar-refractivity contribution in [3.63, 3.8) is 0 Å². The Balaban J connectivity index is 1.63. The molecule has 4 rings (SSSR count). The monoisotopic (exact) mass is 376 g/mol. The van der Waals surface area contributed by atoms with Crippen LogP contribution in [0.3, 0.4) is 0 Å². The van der Waals surface area contributed by atoms with Gasteiger partial charge in [-0.05, 0) is 48.6 Å². The van der Waals surface area contributed by atoms with E-state index in [-0.39, 0.29) is 22.8 Å². The van der Waals surface area contributed by atoms with Crippen molar-refractivity contribution in [1.29, 1.82) is 0 Å². The van der Waals surface area contributed by atoms with E-state index >= 15 is 0 Å². The van der Waals surface area contributed by atoms with E-state index < -0.39 is 10.0 Å². The predicted molar refractivity (Wildman–Crippen MR) is 95.9 cm³/mol. The van der Waals surface area contributed by atoms with Gasteiger partial charge in [0.05, 0.1) is 11.5 Å². The van der Waals surface area contributed by atoms with Gasteiger partial charge in [-0.2, -0.15) is 0 Å². The maximum absolute atomic E-state index is 14.0. The van der Waals surface area contributed by atoms with E-state index in [4.69, 9.17) is 9.88 Å². The summed E-state index contributed by atoms with van der Waals surface area (Å²) in [5.74, 6) is -0.00676. The summed E-state index contributed by atoms with van der Waals surface area (Å²) in [6.07, 6.45) is 3.50. The molecule has 1 aliphatic heterocycles. The molecule has 0 aromatic heterocycles. The molecule has 2 aliphatic rings. The molecule has 5 nitrogen and oxygen atoms in total. The average molecular weight is 376 g/mol. The van der Waals surface area contributed by atoms with E-state index in [9.17, 15) is 12.8 Å². The van der Waals surface area contributed by atoms with Gasteiger partial charge >= 0.3 is 0 Å². The molecule has 0 fully saturated rings. The van der Waals surface area contributed by atoms with Gasteiger partial charge in [0.1, 0.15) is 0 Å². The third-order valence-electron chi connectivity index (χ3n) is 5.19. The molecule has 0 spiro atoms. The molecule has 26 heavy (non-hydrogen) atoms. The summed E-state index contributed by atoms with van der Waals surface area (Å²) >= 11 is 0. The van der Waals surface area contributed by atoms with Gasteiger partial charge in [-0.25, -0.2) is 17.9 Å². The summed E-state index contributed by atoms with van der Waals surface area (Å²) in [5, 5.41) is 8.88. The van der Waals surface area contributed by atoms with Crippen LogP contribution in [-0.4, -0.2) is 15.0 Å². The summed E-state index contributed by atoms with van der Waals surface area (Å²) in [7, 11) is -3.70. The fourth-order valence-electron chi connectivity index (χ4n) is 3.94. The van der Waals surface area contributed by atoms with Crippen LogP contribution in [0.5, 0.6) is 5.75 Å². The Morgan fingerprint density at radius 2 is 1.92 bits per heavy atom. The maximum Gasteiger partial charge on any atom is 0.238 e. The molecule has 0 bridgehead atoms. The highest BCUT2D eigenvalue weighted by Crippen LogP contribution is 2.38. The van der Waals surface area contributed by atoms with Gasteiger partial charge in [-0.3, -0.25) is 0 Å². The lowest BCUT2D eigenvalue weighted by Gasteiger charge is -2.33. The highest BCUT2D eigenvalue weighted by molar-refractivity contribution is 7.89. The van der Waals surface area contributed by atoms with Crippen LogP contribution >= 0.6 is 0 Å². The Kier molecular flexibility index (Phi) is 4.46. The van der Waals surface area contributed by atoms with E-state index in [1.54, 1.807) is 18.2 Å². The standard InChI is InChI=1S/C19H21FN2O3S/c20-16-5-2-4-15-18(9-10-25-19(15)16)22-17-6-1-3-12-11-13(26(21,23)24)7-8-14(12)17/h2,4-5,7-8,11,17-18,22H,1,3,6,9-10H2,(H2,21,23,24)/t17?,18-/m1/s1. The van der Waals surface area contributed by atoms with Crippen molar-refractivity contribution in [2.75, 3.05) is 6.61 Å². The molecule has 0 saturated heterocycles. The van der Waals surface area contributed by atoms with Crippen LogP contribution < -0.4 is 15.2 Å². The van der Waals surface area contributed by atoms with Crippen LogP contribution in [0.15, 0.2) is 41.3 Å². The van der Waals surface area contributed by atoms with E-state index in [1.807, 2.05) is 12.1 Å². The first kappa shape index (κ1) is 17.5. The molecular weight excluding hydrogens is 355 g/mol. The zero-order valence-corrected chi connectivity index (χ0v) is 15.1. The number of nitrogens with two attached hydrogens (primary N) is 1. The SMILES string of the molecule is NS(=O)(=O)c1ccc2c(c1)CCCC2N[C@@H]1CCOc2c(F)cccc21. The lowest BCUT2D eigenvalue weighted by atomic mass is 9.86. The molecule has 1 unspecified atom stereocenters. The van der Waals surface area contributed by atoms with E-state index in [1.165, 1.54) is 6.07 Å². The van der Waals surface area contributed by atoms with Crippen LogP contribution in [0.1, 0.15) is 48.0 Å². The highest BCUT2D eigenvalue weighted by atomic mass is 32.2. The Labute approximate surface area is 152 Å². The number of halogens is 1. The van der Waals surface area contributed by atoms with Crippen molar-refractivity contribution >= 4 is 10.0 Å². The Morgan fingerprint density at radius 3 is 2.73 bits per heavy atom. The lowest BCUT2D eigenvalue weighted by Crippen LogP contribution is -2.32. The summed E-state index contributed by atoms with van der Waals surface area (Å²) in [5.41, 5.74) is 2.93. The number of aryl methyl sites for hydroxylation is 1. The third-order valence-corrected chi connectivity index (χ3v) is 6.10. The molecule has 2 aromatic carbocycles. The topological polar surface area (TPSA) is 81.4 Å². The molecule has 1 heterocycles. The van der Waals surface area contributed by atoms with Crippen molar-refractivity contribution in [3.05, 3.63) is 58.9 Å². The maximum atomic E-state index is 14.0. The van der Waals surface area contributed by atoms with Crippen molar-refractivity contribution in [2.24, 2.45) is 5.14 Å². The minimum absolute atomic E-state index is 0.00307. The van der Waals surface area contributed by atoms with Crippen molar-refractivity contribution < 1.29 is 17.5 Å². The summed E-state index contributed by atoms with van der Waals surface area (Å²) in [6.45, 7) is 0.468. The number of sulfonamides is 1. The number of fused-ring (bicyclic) bond motifs is 2. The molecule has 7 heteroatoms. The first-order valence-corrected chi connectivity index (χ1v) is 10.3. The van der Waals surface area contributed by atoms with Gasteiger partial charge in [0.25, 0.3) is 0 Å². The van der Waals surface area contributed by atoms with Gasteiger partial charge in [-0.1, -0.05) is 18.2 Å². The number of hydrogen-bond donors (Lipinski definition) is 2. The molecule has 0 radical (unpaired) electrons. The molecule has 1 aliphatic carbocycles. The number of nitrogens with one attached hydrogen (secondary N) is 1. The van der Waals surface area contributed by atoms with E-state index in [0.29, 0.717) is 12.4 Å². The Morgan fingerprint density at radius 1 is 1.12 bits per heavy atom. The van der Waals surface area contributed by atoms with Gasteiger partial charge < -0.3 is 10.1 Å². The molecule has 138 valence electrons. The highest BCUT2D eigenvalue weighted by Gasteiger charge is 2.29. The largest absolute Gasteiger partial charge is 0.490 e. The summed E-state index contributed by atoms with van der Waals surface area (Å²) in [4.78, 5) is 0.149. The second-order valence-corrected chi connectivity index (χ2v) is 8.43. The van der Waals surface area contributed by atoms with Gasteiger partial charge in [-0.15, -0.1) is 0 Å². The minimum Gasteiger partial charge on any atom is -0.490 e. The molecule has 3 N–H and O–H groups in total. The fraction of sp³-hybridized carbons (Fsp3) is 0.368. The normalized spacial score (nSPS) is 22.2. The third kappa shape index (κ3) is 3.22. The Bertz CT molecular complexity index is 946. The molecule has 0 saturated carbocycles. The van der Waals surface area contributed by atoms with Crippen molar-refractivity contribution in [1.82, 2.24) is 5.32 Å². The number of rotatable bonds is 3. The lowest BCUT2D eigenvalue weighted by molar-refractivity contribution is 0.230. The second-order valence-electron chi connectivity index (χ2n) is 6.87. The fourth-order valence-corrected chi connectivity index (χ4v) is 4.51. The number of para-hydroxylation sites is 1. The number of hydrogen-bond acceptors (Lipinski definition) is 4. The van der Waals surface area contributed by atoms with E-state index in [2.05, 4.69) is 5.32 Å². The number of primary sulfonamides is 1. The van der Waals surface area contributed by atoms with Gasteiger partial charge in [0.2, 0.25) is 10.0 Å². The second kappa shape index (κ2) is 6.64. The van der Waals surface area contributed by atoms with Crippen LogP contribution in [0.4, 0.5) is 4.39 Å². The quantitative estimate of drug-likeness (QED) is 0.863. The Hall–Kier alpha value is -1.96.